The van der Waals surface area contributed by atoms with Crippen molar-refractivity contribution in [1.29, 1.82) is 0 Å². The Labute approximate surface area is 95.5 Å². The number of benzene rings is 1. The highest BCUT2D eigenvalue weighted by atomic mass is 35.5. The van der Waals surface area contributed by atoms with Crippen LogP contribution < -0.4 is 5.43 Å². The van der Waals surface area contributed by atoms with Crippen LogP contribution >= 0.6 is 11.6 Å². The summed E-state index contributed by atoms with van der Waals surface area (Å²) in [5.74, 6) is -1.18. The number of halogens is 1. The molecule has 1 heterocycles. The summed E-state index contributed by atoms with van der Waals surface area (Å²) in [6.45, 7) is 1.77. The average molecular weight is 238 g/mol. The molecular formula is C11H8ClNO3. The smallest absolute Gasteiger partial charge is 0.352 e. The quantitative estimate of drug-likeness (QED) is 0.799. The number of carbonyl (C=O) groups is 1. The Morgan fingerprint density at radius 3 is 2.75 bits per heavy atom. The van der Waals surface area contributed by atoms with Gasteiger partial charge in [0.05, 0.1) is 10.5 Å². The second kappa shape index (κ2) is 3.64. The highest BCUT2D eigenvalue weighted by molar-refractivity contribution is 6.35. The predicted molar refractivity (Wildman–Crippen MR) is 61.3 cm³/mol. The Morgan fingerprint density at radius 1 is 1.44 bits per heavy atom. The van der Waals surface area contributed by atoms with E-state index in [2.05, 4.69) is 4.98 Å². The molecule has 0 atom stereocenters. The van der Waals surface area contributed by atoms with Crippen molar-refractivity contribution in [2.24, 2.45) is 0 Å². The minimum Gasteiger partial charge on any atom is -0.477 e. The van der Waals surface area contributed by atoms with Crippen LogP contribution in [-0.4, -0.2) is 16.1 Å². The summed E-state index contributed by atoms with van der Waals surface area (Å²) >= 11 is 5.91. The van der Waals surface area contributed by atoms with Crippen molar-refractivity contribution >= 4 is 28.5 Å². The number of carboxylic acid groups (broad SMARTS) is 1. The highest BCUT2D eigenvalue weighted by Crippen LogP contribution is 2.22. The van der Waals surface area contributed by atoms with E-state index in [-0.39, 0.29) is 11.1 Å². The van der Waals surface area contributed by atoms with Crippen LogP contribution in [0, 0.1) is 6.92 Å². The molecule has 1 aromatic carbocycles. The fraction of sp³-hybridized carbons (Fsp3) is 0.0909. The molecule has 0 bridgehead atoms. The van der Waals surface area contributed by atoms with Crippen LogP contribution in [0.1, 0.15) is 16.1 Å². The number of aromatic amines is 1. The highest BCUT2D eigenvalue weighted by Gasteiger charge is 2.11. The van der Waals surface area contributed by atoms with E-state index in [1.807, 2.05) is 0 Å². The molecule has 0 spiro atoms. The maximum Gasteiger partial charge on any atom is 0.352 e. The van der Waals surface area contributed by atoms with E-state index in [0.29, 0.717) is 15.9 Å². The summed E-state index contributed by atoms with van der Waals surface area (Å²) in [5.41, 5.74) is 0.625. The van der Waals surface area contributed by atoms with Crippen LogP contribution in [-0.2, 0) is 0 Å². The van der Waals surface area contributed by atoms with Crippen molar-refractivity contribution in [3.63, 3.8) is 0 Å². The SMILES string of the molecule is Cc1ccc(Cl)c2[nH]c(C(=O)O)cc(=O)c12. The Morgan fingerprint density at radius 2 is 2.12 bits per heavy atom. The summed E-state index contributed by atoms with van der Waals surface area (Å²) in [6, 6.07) is 4.41. The number of hydrogen-bond acceptors (Lipinski definition) is 2. The normalized spacial score (nSPS) is 10.6. The van der Waals surface area contributed by atoms with Gasteiger partial charge in [0.1, 0.15) is 5.69 Å². The second-order valence-corrected chi connectivity index (χ2v) is 3.87. The maximum absolute atomic E-state index is 11.7. The first-order chi connectivity index (χ1) is 7.50. The van der Waals surface area contributed by atoms with Crippen LogP contribution in [0.25, 0.3) is 10.9 Å². The zero-order valence-corrected chi connectivity index (χ0v) is 9.13. The van der Waals surface area contributed by atoms with E-state index in [0.717, 1.165) is 11.6 Å². The van der Waals surface area contributed by atoms with E-state index in [1.54, 1.807) is 19.1 Å². The molecule has 0 aliphatic carbocycles. The summed E-state index contributed by atoms with van der Waals surface area (Å²) in [7, 11) is 0. The first-order valence-electron chi connectivity index (χ1n) is 4.56. The van der Waals surface area contributed by atoms with Crippen LogP contribution in [0.5, 0.6) is 0 Å². The second-order valence-electron chi connectivity index (χ2n) is 3.47. The summed E-state index contributed by atoms with van der Waals surface area (Å²) < 4.78 is 0. The lowest BCUT2D eigenvalue weighted by Gasteiger charge is -2.04. The van der Waals surface area contributed by atoms with Crippen molar-refractivity contribution in [3.05, 3.63) is 44.7 Å². The summed E-state index contributed by atoms with van der Waals surface area (Å²) in [5, 5.41) is 9.58. The Bertz CT molecular complexity index is 645. The van der Waals surface area contributed by atoms with Crippen molar-refractivity contribution < 1.29 is 9.90 Å². The van der Waals surface area contributed by atoms with Crippen LogP contribution in [0.2, 0.25) is 5.02 Å². The number of aromatic nitrogens is 1. The van der Waals surface area contributed by atoms with Crippen LogP contribution in [0.3, 0.4) is 0 Å². The number of pyridine rings is 1. The third-order valence-electron chi connectivity index (χ3n) is 2.37. The molecular weight excluding hydrogens is 230 g/mol. The fourth-order valence-electron chi connectivity index (χ4n) is 1.61. The van der Waals surface area contributed by atoms with Crippen molar-refractivity contribution in [2.75, 3.05) is 0 Å². The Balaban J connectivity index is 2.98. The molecule has 5 heteroatoms. The monoisotopic (exact) mass is 237 g/mol. The molecule has 16 heavy (non-hydrogen) atoms. The van der Waals surface area contributed by atoms with E-state index in [9.17, 15) is 9.59 Å². The number of aromatic carboxylic acids is 1. The molecule has 0 fully saturated rings. The van der Waals surface area contributed by atoms with Gasteiger partial charge in [-0.1, -0.05) is 17.7 Å². The van der Waals surface area contributed by atoms with Gasteiger partial charge in [0.2, 0.25) is 0 Å². The third kappa shape index (κ3) is 1.57. The molecule has 0 radical (unpaired) electrons. The van der Waals surface area contributed by atoms with Crippen LogP contribution in [0.15, 0.2) is 23.0 Å². The molecule has 0 saturated heterocycles. The van der Waals surface area contributed by atoms with Gasteiger partial charge in [-0.2, -0.15) is 0 Å². The largest absolute Gasteiger partial charge is 0.477 e. The standard InChI is InChI=1S/C11H8ClNO3/c1-5-2-3-6(12)10-9(5)8(14)4-7(13-10)11(15)16/h2-4H,1H3,(H,13,14)(H,15,16). The third-order valence-corrected chi connectivity index (χ3v) is 2.69. The first-order valence-corrected chi connectivity index (χ1v) is 4.94. The summed E-state index contributed by atoms with van der Waals surface area (Å²) in [4.78, 5) is 25.2. The zero-order valence-electron chi connectivity index (χ0n) is 8.37. The van der Waals surface area contributed by atoms with Gasteiger partial charge in [0.15, 0.2) is 5.43 Å². The van der Waals surface area contributed by atoms with E-state index in [1.165, 1.54) is 0 Å². The molecule has 2 N–H and O–H groups in total. The van der Waals surface area contributed by atoms with Crippen LogP contribution in [0.4, 0.5) is 0 Å². The lowest BCUT2D eigenvalue weighted by atomic mass is 10.1. The number of carboxylic acids is 1. The van der Waals surface area contributed by atoms with E-state index in [4.69, 9.17) is 16.7 Å². The van der Waals surface area contributed by atoms with Gasteiger partial charge < -0.3 is 10.1 Å². The number of fused-ring (bicyclic) bond motifs is 1. The van der Waals surface area contributed by atoms with Crippen molar-refractivity contribution in [1.82, 2.24) is 4.98 Å². The summed E-state index contributed by atoms with van der Waals surface area (Å²) in [6.07, 6.45) is 0. The number of H-pyrrole nitrogens is 1. The lowest BCUT2D eigenvalue weighted by Crippen LogP contribution is -2.10. The van der Waals surface area contributed by atoms with E-state index >= 15 is 0 Å². The lowest BCUT2D eigenvalue weighted by molar-refractivity contribution is 0.0691. The van der Waals surface area contributed by atoms with Gasteiger partial charge in [-0.05, 0) is 18.6 Å². The number of nitrogens with one attached hydrogen (secondary N) is 1. The van der Waals surface area contributed by atoms with Crippen molar-refractivity contribution in [3.8, 4) is 0 Å². The number of hydrogen-bond donors (Lipinski definition) is 2. The minimum absolute atomic E-state index is 0.162. The topological polar surface area (TPSA) is 70.2 Å². The number of rotatable bonds is 1. The molecule has 4 nitrogen and oxygen atoms in total. The predicted octanol–water partition coefficient (Wildman–Crippen LogP) is 2.19. The molecule has 2 aromatic rings. The van der Waals surface area contributed by atoms with Gasteiger partial charge in [0.25, 0.3) is 0 Å². The molecule has 0 amide bonds. The minimum atomic E-state index is -1.18. The Kier molecular flexibility index (Phi) is 2.44. The zero-order chi connectivity index (χ0) is 11.9. The number of aryl methyl sites for hydroxylation is 1. The molecule has 0 aliphatic heterocycles. The first kappa shape index (κ1) is 10.7. The van der Waals surface area contributed by atoms with Gasteiger partial charge >= 0.3 is 5.97 Å². The Hall–Kier alpha value is -1.81. The maximum atomic E-state index is 11.7. The molecule has 82 valence electrons. The average Bonchev–Trinajstić information content (AvgIpc) is 2.22. The molecule has 1 aromatic heterocycles. The molecule has 0 unspecified atom stereocenters. The molecule has 0 saturated carbocycles. The van der Waals surface area contributed by atoms with Gasteiger partial charge in [-0.3, -0.25) is 4.79 Å². The van der Waals surface area contributed by atoms with Gasteiger partial charge in [-0.15, -0.1) is 0 Å². The molecule has 0 aliphatic rings. The van der Waals surface area contributed by atoms with Crippen molar-refractivity contribution in [2.45, 2.75) is 6.92 Å². The van der Waals surface area contributed by atoms with Gasteiger partial charge in [-0.25, -0.2) is 4.79 Å². The fourth-order valence-corrected chi connectivity index (χ4v) is 1.82. The molecule has 2 rings (SSSR count). The van der Waals surface area contributed by atoms with Gasteiger partial charge in [0, 0.05) is 11.5 Å². The van der Waals surface area contributed by atoms with E-state index < -0.39 is 5.97 Å².